The number of carbonyl (C=O) groups is 1. The van der Waals surface area contributed by atoms with E-state index in [0.717, 1.165) is 11.3 Å². The lowest BCUT2D eigenvalue weighted by molar-refractivity contribution is 0.252. The number of amides is 2. The highest BCUT2D eigenvalue weighted by atomic mass is 16.5. The van der Waals surface area contributed by atoms with Crippen molar-refractivity contribution >= 4 is 11.8 Å². The van der Waals surface area contributed by atoms with E-state index in [4.69, 9.17) is 8.94 Å². The van der Waals surface area contributed by atoms with E-state index in [-0.39, 0.29) is 6.03 Å². The molecule has 2 heterocycles. The van der Waals surface area contributed by atoms with Crippen LogP contribution in [0.3, 0.4) is 0 Å². The highest BCUT2D eigenvalue weighted by Gasteiger charge is 2.08. The minimum Gasteiger partial charge on any atom is -0.444 e. The summed E-state index contributed by atoms with van der Waals surface area (Å²) in [6, 6.07) is 11.0. The summed E-state index contributed by atoms with van der Waals surface area (Å²) in [4.78, 5) is 16.1. The molecule has 1 aromatic carbocycles. The number of benzene rings is 1. The number of aryl methyl sites for hydroxylation is 1. The van der Waals surface area contributed by atoms with Gasteiger partial charge in [-0.1, -0.05) is 23.4 Å². The number of nitrogens with one attached hydrogen (secondary N) is 2. The maximum atomic E-state index is 11.7. The molecule has 3 aromatic rings. The van der Waals surface area contributed by atoms with Crippen LogP contribution in [0.5, 0.6) is 0 Å². The van der Waals surface area contributed by atoms with Crippen LogP contribution in [-0.4, -0.2) is 22.7 Å². The Kier molecular flexibility index (Phi) is 4.37. The molecule has 0 unspecified atom stereocenters. The number of oxazole rings is 1. The number of anilines is 1. The zero-order valence-corrected chi connectivity index (χ0v) is 12.6. The predicted molar refractivity (Wildman–Crippen MR) is 83.9 cm³/mol. The lowest BCUT2D eigenvalue weighted by Gasteiger charge is -2.03. The first kappa shape index (κ1) is 14.8. The molecule has 0 bridgehead atoms. The molecule has 0 aliphatic rings. The molecule has 2 aromatic heterocycles. The zero-order valence-electron chi connectivity index (χ0n) is 12.6. The lowest BCUT2D eigenvalue weighted by Crippen LogP contribution is -2.30. The molecule has 23 heavy (non-hydrogen) atoms. The number of nitrogens with zero attached hydrogens (tertiary/aromatic N) is 2. The standard InChI is InChI=1S/C16H16N4O3/c1-11-9-14(20-23-11)19-16(21)17-8-7-13-10-22-15(18-13)12-5-3-2-4-6-12/h2-6,9-10H,7-8H2,1H3,(H2,17,19,20,21). The number of carbonyl (C=O) groups excluding carboxylic acids is 1. The van der Waals surface area contributed by atoms with Gasteiger partial charge in [-0.25, -0.2) is 9.78 Å². The Hall–Kier alpha value is -3.09. The van der Waals surface area contributed by atoms with Gasteiger partial charge in [0.1, 0.15) is 12.0 Å². The maximum absolute atomic E-state index is 11.7. The van der Waals surface area contributed by atoms with E-state index in [1.807, 2.05) is 30.3 Å². The van der Waals surface area contributed by atoms with E-state index in [0.29, 0.717) is 30.4 Å². The van der Waals surface area contributed by atoms with E-state index in [1.165, 1.54) is 0 Å². The Morgan fingerprint density at radius 3 is 2.83 bits per heavy atom. The van der Waals surface area contributed by atoms with E-state index in [9.17, 15) is 4.79 Å². The minimum absolute atomic E-state index is 0.343. The summed E-state index contributed by atoms with van der Waals surface area (Å²) >= 11 is 0. The van der Waals surface area contributed by atoms with Crippen LogP contribution in [0.25, 0.3) is 11.5 Å². The second kappa shape index (κ2) is 6.78. The van der Waals surface area contributed by atoms with Crippen LogP contribution < -0.4 is 10.6 Å². The molecule has 0 radical (unpaired) electrons. The van der Waals surface area contributed by atoms with Crippen LogP contribution in [0, 0.1) is 6.92 Å². The van der Waals surface area contributed by atoms with Gasteiger partial charge in [0.05, 0.1) is 5.69 Å². The monoisotopic (exact) mass is 312 g/mol. The molecule has 3 rings (SSSR count). The molecule has 0 saturated heterocycles. The predicted octanol–water partition coefficient (Wildman–Crippen LogP) is 3.00. The summed E-state index contributed by atoms with van der Waals surface area (Å²) < 4.78 is 10.3. The molecule has 7 nitrogen and oxygen atoms in total. The Morgan fingerprint density at radius 1 is 1.26 bits per heavy atom. The van der Waals surface area contributed by atoms with Gasteiger partial charge in [0.25, 0.3) is 0 Å². The third-order valence-electron chi connectivity index (χ3n) is 3.11. The van der Waals surface area contributed by atoms with E-state index < -0.39 is 0 Å². The van der Waals surface area contributed by atoms with Crippen molar-refractivity contribution in [3.63, 3.8) is 0 Å². The van der Waals surface area contributed by atoms with Crippen molar-refractivity contribution in [2.45, 2.75) is 13.3 Å². The van der Waals surface area contributed by atoms with E-state index in [1.54, 1.807) is 19.3 Å². The van der Waals surface area contributed by atoms with Crippen LogP contribution in [0.2, 0.25) is 0 Å². The van der Waals surface area contributed by atoms with Gasteiger partial charge in [-0.3, -0.25) is 5.32 Å². The molecular weight excluding hydrogens is 296 g/mol. The normalized spacial score (nSPS) is 10.5. The number of rotatable bonds is 5. The Morgan fingerprint density at radius 2 is 2.09 bits per heavy atom. The van der Waals surface area contributed by atoms with Gasteiger partial charge in [0.2, 0.25) is 5.89 Å². The van der Waals surface area contributed by atoms with Gasteiger partial charge < -0.3 is 14.3 Å². The van der Waals surface area contributed by atoms with Crippen molar-refractivity contribution in [2.24, 2.45) is 0 Å². The smallest absolute Gasteiger partial charge is 0.320 e. The zero-order chi connectivity index (χ0) is 16.1. The molecule has 118 valence electrons. The molecule has 0 aliphatic heterocycles. The fraction of sp³-hybridized carbons (Fsp3) is 0.188. The first-order valence-electron chi connectivity index (χ1n) is 7.19. The van der Waals surface area contributed by atoms with Crippen LogP contribution in [0.15, 0.2) is 51.6 Å². The van der Waals surface area contributed by atoms with Gasteiger partial charge in [0.15, 0.2) is 5.82 Å². The minimum atomic E-state index is -0.343. The highest BCUT2D eigenvalue weighted by molar-refractivity contribution is 5.88. The molecule has 2 N–H and O–H groups in total. The van der Waals surface area contributed by atoms with Crippen molar-refractivity contribution in [1.29, 1.82) is 0 Å². The van der Waals surface area contributed by atoms with Crippen LogP contribution >= 0.6 is 0 Å². The molecule has 0 aliphatic carbocycles. The molecule has 2 amide bonds. The summed E-state index contributed by atoms with van der Waals surface area (Å²) in [5.41, 5.74) is 1.70. The molecule has 7 heteroatoms. The summed E-state index contributed by atoms with van der Waals surface area (Å²) in [5.74, 6) is 1.59. The van der Waals surface area contributed by atoms with Crippen LogP contribution in [-0.2, 0) is 6.42 Å². The molecule has 0 saturated carbocycles. The van der Waals surface area contributed by atoms with E-state index in [2.05, 4.69) is 20.8 Å². The van der Waals surface area contributed by atoms with Crippen molar-refractivity contribution in [2.75, 3.05) is 11.9 Å². The van der Waals surface area contributed by atoms with Gasteiger partial charge in [-0.15, -0.1) is 0 Å². The van der Waals surface area contributed by atoms with Crippen LogP contribution in [0.4, 0.5) is 10.6 Å². The average Bonchev–Trinajstić information content (AvgIpc) is 3.17. The highest BCUT2D eigenvalue weighted by Crippen LogP contribution is 2.17. The SMILES string of the molecule is Cc1cc(NC(=O)NCCc2coc(-c3ccccc3)n2)no1. The number of hydrogen-bond donors (Lipinski definition) is 2. The van der Waals surface area contributed by atoms with Gasteiger partial charge in [-0.05, 0) is 19.1 Å². The summed E-state index contributed by atoms with van der Waals surface area (Å²) in [7, 11) is 0. The number of hydrogen-bond acceptors (Lipinski definition) is 5. The van der Waals surface area contributed by atoms with E-state index >= 15 is 0 Å². The summed E-state index contributed by atoms with van der Waals surface area (Å²) in [6.07, 6.45) is 2.17. The third-order valence-corrected chi connectivity index (χ3v) is 3.11. The largest absolute Gasteiger partial charge is 0.444 e. The van der Waals surface area contributed by atoms with Crippen LogP contribution in [0.1, 0.15) is 11.5 Å². The molecule has 0 atom stereocenters. The molecular formula is C16H16N4O3. The Balaban J connectivity index is 1.47. The maximum Gasteiger partial charge on any atom is 0.320 e. The quantitative estimate of drug-likeness (QED) is 0.755. The third kappa shape index (κ3) is 3.97. The van der Waals surface area contributed by atoms with Gasteiger partial charge >= 0.3 is 6.03 Å². The Bertz CT molecular complexity index is 779. The molecule has 0 fully saturated rings. The average molecular weight is 312 g/mol. The van der Waals surface area contributed by atoms with Crippen molar-refractivity contribution in [3.8, 4) is 11.5 Å². The first-order chi connectivity index (χ1) is 11.2. The lowest BCUT2D eigenvalue weighted by atomic mass is 10.2. The van der Waals surface area contributed by atoms with Crippen molar-refractivity contribution in [3.05, 3.63) is 54.1 Å². The fourth-order valence-corrected chi connectivity index (χ4v) is 2.03. The van der Waals surface area contributed by atoms with Crippen molar-refractivity contribution in [1.82, 2.24) is 15.5 Å². The topological polar surface area (TPSA) is 93.2 Å². The second-order valence-electron chi connectivity index (χ2n) is 4.96. The van der Waals surface area contributed by atoms with Crippen molar-refractivity contribution < 1.29 is 13.7 Å². The molecule has 0 spiro atoms. The Labute approximate surface area is 132 Å². The summed E-state index contributed by atoms with van der Waals surface area (Å²) in [5, 5.41) is 8.99. The van der Waals surface area contributed by atoms with Gasteiger partial charge in [-0.2, -0.15) is 0 Å². The second-order valence-corrected chi connectivity index (χ2v) is 4.96. The number of urea groups is 1. The van der Waals surface area contributed by atoms with Gasteiger partial charge in [0, 0.05) is 24.6 Å². The fourth-order valence-electron chi connectivity index (χ4n) is 2.03. The number of aromatic nitrogens is 2. The first-order valence-corrected chi connectivity index (χ1v) is 7.19. The summed E-state index contributed by atoms with van der Waals surface area (Å²) in [6.45, 7) is 2.19.